The molecule has 6 atom stereocenters. The fraction of sp³-hybridized carbons (Fsp3) is 0.354. The van der Waals surface area contributed by atoms with Gasteiger partial charge in [0.25, 0.3) is 0 Å². The van der Waals surface area contributed by atoms with Gasteiger partial charge >= 0.3 is 5.97 Å². The maximum atomic E-state index is 14.5. The van der Waals surface area contributed by atoms with Crippen molar-refractivity contribution in [3.63, 3.8) is 0 Å². The van der Waals surface area contributed by atoms with Gasteiger partial charge in [0.1, 0.15) is 30.2 Å². The van der Waals surface area contributed by atoms with E-state index in [1.807, 2.05) is 72.8 Å². The third-order valence-electron chi connectivity index (χ3n) is 11.9. The van der Waals surface area contributed by atoms with Gasteiger partial charge in [0, 0.05) is 82.9 Å². The van der Waals surface area contributed by atoms with Gasteiger partial charge in [-0.1, -0.05) is 61.0 Å². The molecule has 3 aromatic heterocycles. The summed E-state index contributed by atoms with van der Waals surface area (Å²) < 4.78 is 0. The van der Waals surface area contributed by atoms with E-state index in [2.05, 4.69) is 59.2 Å². The van der Waals surface area contributed by atoms with Crippen LogP contribution in [-0.4, -0.2) is 117 Å². The second-order valence-electron chi connectivity index (χ2n) is 16.9. The maximum absolute atomic E-state index is 14.5. The lowest BCUT2D eigenvalue weighted by molar-refractivity contribution is -0.142. The van der Waals surface area contributed by atoms with E-state index in [1.165, 1.54) is 0 Å². The number of rotatable bonds is 26. The number of nitrogens with one attached hydrogen (secondary N) is 8. The van der Waals surface area contributed by atoms with E-state index in [0.717, 1.165) is 38.3 Å². The van der Waals surface area contributed by atoms with E-state index in [-0.39, 0.29) is 50.4 Å². The first-order chi connectivity index (χ1) is 33.3. The third-order valence-corrected chi connectivity index (χ3v) is 12.2. The average molecular weight is 964 g/mol. The number of amides is 5. The molecule has 3 heterocycles. The summed E-state index contributed by atoms with van der Waals surface area (Å²) in [6.45, 7) is 0.538. The lowest BCUT2D eigenvalue weighted by atomic mass is 10.0. The standard InChI is InChI=1S/C48H61N13O7S/c49-18-8-7-13-33(50)42(62)58-38(20-27-23-54-34-14-4-1-10-30(27)34)44(64)59-39(21-28-24-55-35-15-5-2-11-31(28)35)45(65)61-41(26-69)46(66)57-37(17-9-19-53-48(51)52)43(63)60-40(47(67)68)22-29-25-56-36-16-6-3-12-32(29)36/h1-6,10-12,14-16,23-25,33,37-41,54-56,69H,7-9,13,17-22,26,49-50H2,(H,57,66)(H,58,62)(H,59,64)(H,60,63)(H,61,65)(H,67,68)(H4,51,52,53)/t33-,37-,38-,39-,40-,41-/m0/s1. The molecule has 6 rings (SSSR count). The fourth-order valence-corrected chi connectivity index (χ4v) is 8.41. The summed E-state index contributed by atoms with van der Waals surface area (Å²) in [5.41, 5.74) is 27.4. The molecule has 5 amide bonds. The summed E-state index contributed by atoms with van der Waals surface area (Å²) >= 11 is 4.38. The molecule has 0 bridgehead atoms. The minimum atomic E-state index is -1.38. The topological polar surface area (TPSA) is 347 Å². The number of hydrogen-bond acceptors (Lipinski definition) is 10. The van der Waals surface area contributed by atoms with Crippen LogP contribution in [0.15, 0.2) is 96.4 Å². The third kappa shape index (κ3) is 13.9. The van der Waals surface area contributed by atoms with Crippen LogP contribution in [0.5, 0.6) is 0 Å². The van der Waals surface area contributed by atoms with Gasteiger partial charge in [0.05, 0.1) is 6.04 Å². The van der Waals surface area contributed by atoms with Gasteiger partial charge < -0.3 is 69.6 Å². The Morgan fingerprint density at radius 1 is 0.551 bits per heavy atom. The number of carboxylic acid groups (broad SMARTS) is 1. The van der Waals surface area contributed by atoms with Crippen LogP contribution in [0.4, 0.5) is 0 Å². The molecule has 21 heteroatoms. The molecule has 0 spiro atoms. The predicted octanol–water partition coefficient (Wildman–Crippen LogP) is 1.11. The minimum Gasteiger partial charge on any atom is -0.480 e. The molecule has 0 aliphatic rings. The number of benzene rings is 3. The monoisotopic (exact) mass is 963 g/mol. The molecule has 0 fully saturated rings. The molecule has 69 heavy (non-hydrogen) atoms. The van der Waals surface area contributed by atoms with Crippen molar-refractivity contribution in [3.05, 3.63) is 108 Å². The molecule has 0 saturated heterocycles. The molecule has 3 aromatic carbocycles. The Balaban J connectivity index is 1.23. The smallest absolute Gasteiger partial charge is 0.326 e. The highest BCUT2D eigenvalue weighted by molar-refractivity contribution is 7.80. The number of fused-ring (bicyclic) bond motifs is 3. The molecular weight excluding hydrogens is 903 g/mol. The van der Waals surface area contributed by atoms with Crippen molar-refractivity contribution in [2.45, 2.75) is 87.6 Å². The first kappa shape index (κ1) is 51.0. The van der Waals surface area contributed by atoms with Crippen molar-refractivity contribution in [2.24, 2.45) is 27.9 Å². The molecule has 0 unspecified atom stereocenters. The van der Waals surface area contributed by atoms with E-state index >= 15 is 0 Å². The van der Waals surface area contributed by atoms with E-state index in [0.29, 0.717) is 36.9 Å². The molecular formula is C48H61N13O7S. The number of H-pyrrole nitrogens is 3. The number of aromatic nitrogens is 3. The Bertz CT molecular complexity index is 2760. The minimum absolute atomic E-state index is 0.0134. The van der Waals surface area contributed by atoms with Gasteiger partial charge in [-0.3, -0.25) is 29.0 Å². The molecule has 20 nitrogen and oxygen atoms in total. The zero-order valence-electron chi connectivity index (χ0n) is 38.0. The van der Waals surface area contributed by atoms with Crippen LogP contribution in [0.3, 0.4) is 0 Å². The van der Waals surface area contributed by atoms with Crippen molar-refractivity contribution in [3.8, 4) is 0 Å². The largest absolute Gasteiger partial charge is 0.480 e. The summed E-state index contributed by atoms with van der Waals surface area (Å²) in [6, 6.07) is 14.8. The SMILES string of the molecule is NCCCC[C@H](N)C(=O)N[C@@H](Cc1c[nH]c2ccccc12)C(=O)N[C@@H](Cc1c[nH]c2ccccc12)C(=O)N[C@@H](CS)C(=O)N[C@@H](CCCN=C(N)N)C(=O)N[C@@H](Cc1c[nH]c2ccccc12)C(=O)O. The number of carboxylic acids is 1. The Kier molecular flexibility index (Phi) is 18.2. The highest BCUT2D eigenvalue weighted by Gasteiger charge is 2.34. The van der Waals surface area contributed by atoms with Crippen molar-refractivity contribution in [2.75, 3.05) is 18.8 Å². The first-order valence-corrected chi connectivity index (χ1v) is 23.4. The van der Waals surface area contributed by atoms with E-state index in [1.54, 1.807) is 18.6 Å². The zero-order chi connectivity index (χ0) is 49.5. The summed E-state index contributed by atoms with van der Waals surface area (Å²) in [6.07, 6.45) is 6.90. The number of unbranched alkanes of at least 4 members (excludes halogenated alkanes) is 1. The van der Waals surface area contributed by atoms with Gasteiger partial charge in [-0.15, -0.1) is 0 Å². The van der Waals surface area contributed by atoms with Crippen LogP contribution in [0.25, 0.3) is 32.7 Å². The van der Waals surface area contributed by atoms with Gasteiger partial charge in [0.2, 0.25) is 29.5 Å². The second kappa shape index (κ2) is 24.6. The Morgan fingerprint density at radius 3 is 1.42 bits per heavy atom. The predicted molar refractivity (Wildman–Crippen MR) is 268 cm³/mol. The van der Waals surface area contributed by atoms with E-state index in [4.69, 9.17) is 22.9 Å². The molecule has 0 aliphatic heterocycles. The van der Waals surface area contributed by atoms with Gasteiger partial charge in [-0.25, -0.2) is 4.79 Å². The number of thiol groups is 1. The van der Waals surface area contributed by atoms with Crippen molar-refractivity contribution < 1.29 is 33.9 Å². The Hall–Kier alpha value is -7.36. The molecule has 366 valence electrons. The molecule has 0 aliphatic carbocycles. The Morgan fingerprint density at radius 2 is 0.957 bits per heavy atom. The lowest BCUT2D eigenvalue weighted by Gasteiger charge is -2.27. The molecule has 17 N–H and O–H groups in total. The van der Waals surface area contributed by atoms with E-state index in [9.17, 15) is 33.9 Å². The highest BCUT2D eigenvalue weighted by Crippen LogP contribution is 2.22. The quantitative estimate of drug-likeness (QED) is 0.0158. The normalized spacial score (nSPS) is 14.0. The van der Waals surface area contributed by atoms with Gasteiger partial charge in [-0.05, 0) is 67.1 Å². The number of carbonyl (C=O) groups excluding carboxylic acids is 5. The number of guanidine groups is 1. The van der Waals surface area contributed by atoms with Crippen molar-refractivity contribution in [1.29, 1.82) is 0 Å². The molecule has 0 saturated carbocycles. The van der Waals surface area contributed by atoms with Crippen LogP contribution in [-0.2, 0) is 48.0 Å². The summed E-state index contributed by atoms with van der Waals surface area (Å²) in [5, 5.41) is 26.2. The van der Waals surface area contributed by atoms with Crippen molar-refractivity contribution >= 4 is 86.8 Å². The number of aliphatic carboxylic acids is 1. The lowest BCUT2D eigenvalue weighted by Crippen LogP contribution is -2.60. The second-order valence-corrected chi connectivity index (χ2v) is 17.2. The highest BCUT2D eigenvalue weighted by atomic mass is 32.1. The van der Waals surface area contributed by atoms with Crippen LogP contribution in [0.2, 0.25) is 0 Å². The van der Waals surface area contributed by atoms with Crippen LogP contribution < -0.4 is 49.5 Å². The van der Waals surface area contributed by atoms with Crippen molar-refractivity contribution in [1.82, 2.24) is 41.5 Å². The summed E-state index contributed by atoms with van der Waals surface area (Å²) in [4.78, 5) is 96.5. The van der Waals surface area contributed by atoms with Crippen LogP contribution in [0.1, 0.15) is 48.8 Å². The number of para-hydroxylation sites is 3. The van der Waals surface area contributed by atoms with E-state index < -0.39 is 71.8 Å². The van der Waals surface area contributed by atoms with Crippen LogP contribution in [0, 0.1) is 0 Å². The number of carbonyl (C=O) groups is 6. The average Bonchev–Trinajstić information content (AvgIpc) is 4.07. The maximum Gasteiger partial charge on any atom is 0.326 e. The molecule has 6 aromatic rings. The number of nitrogens with two attached hydrogens (primary N) is 4. The number of hydrogen-bond donors (Lipinski definition) is 14. The zero-order valence-corrected chi connectivity index (χ0v) is 38.9. The van der Waals surface area contributed by atoms with Gasteiger partial charge in [0.15, 0.2) is 5.96 Å². The molecule has 0 radical (unpaired) electrons. The fourth-order valence-electron chi connectivity index (χ4n) is 8.15. The Labute approximate surface area is 403 Å². The number of nitrogens with zero attached hydrogens (tertiary/aromatic N) is 1. The number of aromatic amines is 3. The number of aliphatic imine (C=N–C) groups is 1. The van der Waals surface area contributed by atoms with Gasteiger partial charge in [-0.2, -0.15) is 12.6 Å². The first-order valence-electron chi connectivity index (χ1n) is 22.8. The summed E-state index contributed by atoms with van der Waals surface area (Å²) in [5.74, 6) is -5.33. The summed E-state index contributed by atoms with van der Waals surface area (Å²) in [7, 11) is 0. The van der Waals surface area contributed by atoms with Crippen LogP contribution >= 0.6 is 12.6 Å².